The summed E-state index contributed by atoms with van der Waals surface area (Å²) in [6.45, 7) is 2.37. The van der Waals surface area contributed by atoms with Gasteiger partial charge in [-0.25, -0.2) is 0 Å². The van der Waals surface area contributed by atoms with Crippen molar-refractivity contribution >= 4 is 17.6 Å². The van der Waals surface area contributed by atoms with Crippen LogP contribution < -0.4 is 9.47 Å². The monoisotopic (exact) mass is 318 g/mol. The molecule has 0 spiro atoms. The Morgan fingerprint density at radius 3 is 2.73 bits per heavy atom. The van der Waals surface area contributed by atoms with Crippen LogP contribution in [0.15, 0.2) is 36.4 Å². The number of hydrogen-bond acceptors (Lipinski definition) is 3. The number of carboxylic acids is 1. The maximum atomic E-state index is 11.3. The first-order valence-corrected chi connectivity index (χ1v) is 7.36. The molecule has 0 aromatic heterocycles. The summed E-state index contributed by atoms with van der Waals surface area (Å²) in [7, 11) is 0. The van der Waals surface area contributed by atoms with Crippen LogP contribution in [0.5, 0.6) is 17.2 Å². The van der Waals surface area contributed by atoms with Crippen LogP contribution in [0.1, 0.15) is 23.5 Å². The molecule has 22 heavy (non-hydrogen) atoms. The molecule has 0 aliphatic carbocycles. The van der Waals surface area contributed by atoms with Gasteiger partial charge in [-0.1, -0.05) is 29.3 Å². The van der Waals surface area contributed by atoms with Crippen LogP contribution >= 0.6 is 11.6 Å². The number of ether oxygens (including phenoxy) is 2. The van der Waals surface area contributed by atoms with Crippen LogP contribution in [-0.4, -0.2) is 17.7 Å². The third-order valence-corrected chi connectivity index (χ3v) is 3.95. The number of aliphatic carboxylic acids is 1. The molecular weight excluding hydrogens is 304 g/mol. The Morgan fingerprint density at radius 2 is 2.05 bits per heavy atom. The van der Waals surface area contributed by atoms with Crippen LogP contribution in [-0.2, 0) is 4.79 Å². The lowest BCUT2D eigenvalue weighted by atomic mass is 9.93. The van der Waals surface area contributed by atoms with E-state index >= 15 is 0 Å². The second-order valence-corrected chi connectivity index (χ2v) is 5.67. The summed E-state index contributed by atoms with van der Waals surface area (Å²) in [5.74, 6) is 0.181. The SMILES string of the molecule is Cc1ccc(Oc2cc3c(cc2Cl)C(C(=O)O)CCO3)cc1. The molecule has 5 heteroatoms. The molecule has 1 N–H and O–H groups in total. The first kappa shape index (κ1) is 14.7. The van der Waals surface area contributed by atoms with Crippen LogP contribution in [0.4, 0.5) is 0 Å². The Balaban J connectivity index is 1.94. The number of carboxylic acid groups (broad SMARTS) is 1. The highest BCUT2D eigenvalue weighted by atomic mass is 35.5. The molecule has 1 heterocycles. The fourth-order valence-electron chi connectivity index (χ4n) is 2.46. The van der Waals surface area contributed by atoms with E-state index < -0.39 is 11.9 Å². The maximum Gasteiger partial charge on any atom is 0.311 e. The molecule has 1 unspecified atom stereocenters. The zero-order valence-corrected chi connectivity index (χ0v) is 12.8. The lowest BCUT2D eigenvalue weighted by Crippen LogP contribution is -2.20. The van der Waals surface area contributed by atoms with Gasteiger partial charge >= 0.3 is 5.97 Å². The van der Waals surface area contributed by atoms with E-state index in [1.165, 1.54) is 0 Å². The highest BCUT2D eigenvalue weighted by molar-refractivity contribution is 6.32. The fraction of sp³-hybridized carbons (Fsp3) is 0.235. The minimum Gasteiger partial charge on any atom is -0.493 e. The largest absolute Gasteiger partial charge is 0.493 e. The second-order valence-electron chi connectivity index (χ2n) is 5.26. The third-order valence-electron chi connectivity index (χ3n) is 3.65. The summed E-state index contributed by atoms with van der Waals surface area (Å²) in [5.41, 5.74) is 1.73. The smallest absolute Gasteiger partial charge is 0.311 e. The van der Waals surface area contributed by atoms with Crippen molar-refractivity contribution in [2.75, 3.05) is 6.61 Å². The zero-order chi connectivity index (χ0) is 15.7. The molecular formula is C17H15ClO4. The van der Waals surface area contributed by atoms with Gasteiger partial charge in [-0.05, 0) is 31.5 Å². The van der Waals surface area contributed by atoms with Gasteiger partial charge < -0.3 is 14.6 Å². The third kappa shape index (κ3) is 2.88. The summed E-state index contributed by atoms with van der Waals surface area (Å²) >= 11 is 6.24. The van der Waals surface area contributed by atoms with Gasteiger partial charge in [0.1, 0.15) is 17.2 Å². The van der Waals surface area contributed by atoms with E-state index in [0.717, 1.165) is 5.56 Å². The number of rotatable bonds is 3. The molecule has 0 saturated heterocycles. The van der Waals surface area contributed by atoms with Gasteiger partial charge in [-0.2, -0.15) is 0 Å². The van der Waals surface area contributed by atoms with Gasteiger partial charge in [0.15, 0.2) is 0 Å². The van der Waals surface area contributed by atoms with Crippen molar-refractivity contribution in [3.8, 4) is 17.2 Å². The lowest BCUT2D eigenvalue weighted by molar-refractivity contribution is -0.139. The number of fused-ring (bicyclic) bond motifs is 1. The Hall–Kier alpha value is -2.20. The van der Waals surface area contributed by atoms with E-state index in [0.29, 0.717) is 40.9 Å². The average Bonchev–Trinajstić information content (AvgIpc) is 2.49. The van der Waals surface area contributed by atoms with Gasteiger partial charge in [0.2, 0.25) is 0 Å². The Bertz CT molecular complexity index is 709. The molecule has 4 nitrogen and oxygen atoms in total. The molecule has 3 rings (SSSR count). The number of aryl methyl sites for hydroxylation is 1. The quantitative estimate of drug-likeness (QED) is 0.911. The fourth-order valence-corrected chi connectivity index (χ4v) is 2.67. The normalized spacial score (nSPS) is 16.5. The van der Waals surface area contributed by atoms with Crippen LogP contribution in [0.25, 0.3) is 0 Å². The van der Waals surface area contributed by atoms with E-state index in [1.54, 1.807) is 12.1 Å². The predicted molar refractivity (Wildman–Crippen MR) is 83.2 cm³/mol. The highest BCUT2D eigenvalue weighted by Gasteiger charge is 2.29. The number of carbonyl (C=O) groups is 1. The van der Waals surface area contributed by atoms with Gasteiger partial charge in [0.25, 0.3) is 0 Å². The molecule has 0 amide bonds. The van der Waals surface area contributed by atoms with Crippen LogP contribution in [0.3, 0.4) is 0 Å². The van der Waals surface area contributed by atoms with Crippen molar-refractivity contribution < 1.29 is 19.4 Å². The predicted octanol–water partition coefficient (Wildman–Crippen LogP) is 4.39. The topological polar surface area (TPSA) is 55.8 Å². The molecule has 1 atom stereocenters. The Labute approximate surface area is 133 Å². The van der Waals surface area contributed by atoms with Crippen molar-refractivity contribution in [1.82, 2.24) is 0 Å². The van der Waals surface area contributed by atoms with Crippen LogP contribution in [0, 0.1) is 6.92 Å². The van der Waals surface area contributed by atoms with Crippen LogP contribution in [0.2, 0.25) is 5.02 Å². The Morgan fingerprint density at radius 1 is 1.32 bits per heavy atom. The Kier molecular flexibility index (Phi) is 3.94. The van der Waals surface area contributed by atoms with Crippen molar-refractivity contribution in [2.45, 2.75) is 19.3 Å². The van der Waals surface area contributed by atoms with Gasteiger partial charge in [-0.15, -0.1) is 0 Å². The lowest BCUT2D eigenvalue weighted by Gasteiger charge is -2.24. The average molecular weight is 319 g/mol. The molecule has 0 fully saturated rings. The highest BCUT2D eigenvalue weighted by Crippen LogP contribution is 2.41. The summed E-state index contributed by atoms with van der Waals surface area (Å²) < 4.78 is 11.3. The second kappa shape index (κ2) is 5.89. The molecule has 0 bridgehead atoms. The number of benzene rings is 2. The minimum atomic E-state index is -0.868. The maximum absolute atomic E-state index is 11.3. The summed E-state index contributed by atoms with van der Waals surface area (Å²) in [6, 6.07) is 10.9. The number of hydrogen-bond donors (Lipinski definition) is 1. The first-order valence-electron chi connectivity index (χ1n) is 6.98. The molecule has 0 radical (unpaired) electrons. The van der Waals surface area contributed by atoms with E-state index in [4.69, 9.17) is 21.1 Å². The number of halogens is 1. The first-order chi connectivity index (χ1) is 10.5. The molecule has 114 valence electrons. The van der Waals surface area contributed by atoms with Gasteiger partial charge in [0.05, 0.1) is 17.5 Å². The van der Waals surface area contributed by atoms with Gasteiger partial charge in [0, 0.05) is 11.6 Å². The van der Waals surface area contributed by atoms with Crippen molar-refractivity contribution in [2.24, 2.45) is 0 Å². The minimum absolute atomic E-state index is 0.371. The van der Waals surface area contributed by atoms with E-state index in [-0.39, 0.29) is 0 Å². The molecule has 1 aliphatic heterocycles. The van der Waals surface area contributed by atoms with Crippen molar-refractivity contribution in [3.05, 3.63) is 52.5 Å². The molecule has 0 saturated carbocycles. The molecule has 1 aliphatic rings. The summed E-state index contributed by atoms with van der Waals surface area (Å²) in [5, 5.41) is 9.65. The van der Waals surface area contributed by atoms with E-state index in [9.17, 15) is 9.90 Å². The summed E-state index contributed by atoms with van der Waals surface area (Å²) in [4.78, 5) is 11.3. The summed E-state index contributed by atoms with van der Waals surface area (Å²) in [6.07, 6.45) is 0.441. The standard InChI is InChI=1S/C17H15ClO4/c1-10-2-4-11(5-3-10)22-16-9-15-13(8-14(16)18)12(17(19)20)6-7-21-15/h2-5,8-9,12H,6-7H2,1H3,(H,19,20). The van der Waals surface area contributed by atoms with E-state index in [2.05, 4.69) is 0 Å². The molecule has 2 aromatic rings. The van der Waals surface area contributed by atoms with Crippen molar-refractivity contribution in [3.63, 3.8) is 0 Å². The van der Waals surface area contributed by atoms with Gasteiger partial charge in [-0.3, -0.25) is 4.79 Å². The molecule has 2 aromatic carbocycles. The van der Waals surface area contributed by atoms with Crippen molar-refractivity contribution in [1.29, 1.82) is 0 Å². The van der Waals surface area contributed by atoms with E-state index in [1.807, 2.05) is 31.2 Å². The zero-order valence-electron chi connectivity index (χ0n) is 12.0.